The predicted octanol–water partition coefficient (Wildman–Crippen LogP) is 3.65. The van der Waals surface area contributed by atoms with E-state index < -0.39 is 0 Å². The number of hydrogen-bond donors (Lipinski definition) is 0. The standard InChI is InChI=1S/C20H17N3O/c1-14-17(13-21-19(22-14)16-8-3-2-4-9-16)20(24)23-12-11-15-7-5-6-10-18(15)23/h2-10,13H,11-12H2,1H3. The lowest BCUT2D eigenvalue weighted by Gasteiger charge is -2.18. The minimum atomic E-state index is -0.0305. The van der Waals surface area contributed by atoms with Crippen LogP contribution in [0, 0.1) is 6.92 Å². The zero-order chi connectivity index (χ0) is 16.5. The van der Waals surface area contributed by atoms with Crippen LogP contribution in [0.2, 0.25) is 0 Å². The molecule has 4 rings (SSSR count). The van der Waals surface area contributed by atoms with Gasteiger partial charge in [0.1, 0.15) is 0 Å². The maximum absolute atomic E-state index is 12.9. The van der Waals surface area contributed by atoms with Crippen LogP contribution < -0.4 is 4.90 Å². The van der Waals surface area contributed by atoms with Crippen LogP contribution in [-0.4, -0.2) is 22.4 Å². The molecule has 0 atom stereocenters. The van der Waals surface area contributed by atoms with Gasteiger partial charge < -0.3 is 4.90 Å². The van der Waals surface area contributed by atoms with E-state index in [1.165, 1.54) is 5.56 Å². The molecule has 1 aliphatic rings. The number of aromatic nitrogens is 2. The van der Waals surface area contributed by atoms with Gasteiger partial charge in [-0.3, -0.25) is 4.79 Å². The quantitative estimate of drug-likeness (QED) is 0.725. The number of carbonyl (C=O) groups excluding carboxylic acids is 1. The largest absolute Gasteiger partial charge is 0.308 e. The maximum atomic E-state index is 12.9. The van der Waals surface area contributed by atoms with Crippen molar-refractivity contribution in [2.45, 2.75) is 13.3 Å². The van der Waals surface area contributed by atoms with Crippen molar-refractivity contribution >= 4 is 11.6 Å². The van der Waals surface area contributed by atoms with E-state index in [0.717, 1.165) is 17.7 Å². The van der Waals surface area contributed by atoms with Gasteiger partial charge in [-0.25, -0.2) is 9.97 Å². The first-order valence-electron chi connectivity index (χ1n) is 8.03. The first-order valence-corrected chi connectivity index (χ1v) is 8.03. The molecule has 1 amide bonds. The number of hydrogen-bond acceptors (Lipinski definition) is 3. The second-order valence-corrected chi connectivity index (χ2v) is 5.89. The number of fused-ring (bicyclic) bond motifs is 1. The van der Waals surface area contributed by atoms with Crippen molar-refractivity contribution in [3.63, 3.8) is 0 Å². The van der Waals surface area contributed by atoms with Crippen molar-refractivity contribution in [1.29, 1.82) is 0 Å². The Morgan fingerprint density at radius 2 is 1.79 bits per heavy atom. The summed E-state index contributed by atoms with van der Waals surface area (Å²) in [6, 6.07) is 17.8. The summed E-state index contributed by atoms with van der Waals surface area (Å²) < 4.78 is 0. The Kier molecular flexibility index (Phi) is 3.58. The van der Waals surface area contributed by atoms with Gasteiger partial charge >= 0.3 is 0 Å². The molecule has 3 aromatic rings. The van der Waals surface area contributed by atoms with Crippen LogP contribution >= 0.6 is 0 Å². The molecule has 0 N–H and O–H groups in total. The molecule has 24 heavy (non-hydrogen) atoms. The highest BCUT2D eigenvalue weighted by atomic mass is 16.2. The Bertz CT molecular complexity index is 906. The molecule has 0 saturated heterocycles. The molecule has 4 nitrogen and oxygen atoms in total. The minimum Gasteiger partial charge on any atom is -0.308 e. The van der Waals surface area contributed by atoms with Crippen molar-refractivity contribution in [3.8, 4) is 11.4 Å². The minimum absolute atomic E-state index is 0.0305. The molecule has 0 fully saturated rings. The number of para-hydroxylation sites is 1. The van der Waals surface area contributed by atoms with Crippen LogP contribution in [0.4, 0.5) is 5.69 Å². The lowest BCUT2D eigenvalue weighted by Crippen LogP contribution is -2.29. The molecule has 2 aromatic carbocycles. The van der Waals surface area contributed by atoms with E-state index in [0.29, 0.717) is 23.6 Å². The highest BCUT2D eigenvalue weighted by Gasteiger charge is 2.26. The van der Waals surface area contributed by atoms with Gasteiger partial charge in [-0.05, 0) is 25.0 Å². The summed E-state index contributed by atoms with van der Waals surface area (Å²) in [5.74, 6) is 0.614. The summed E-state index contributed by atoms with van der Waals surface area (Å²) in [6.45, 7) is 2.57. The fourth-order valence-corrected chi connectivity index (χ4v) is 3.10. The summed E-state index contributed by atoms with van der Waals surface area (Å²) in [6.07, 6.45) is 2.54. The Hall–Kier alpha value is -3.01. The molecule has 0 spiro atoms. The van der Waals surface area contributed by atoms with Crippen LogP contribution in [-0.2, 0) is 6.42 Å². The third-order valence-corrected chi connectivity index (χ3v) is 4.37. The maximum Gasteiger partial charge on any atom is 0.261 e. The highest BCUT2D eigenvalue weighted by Crippen LogP contribution is 2.29. The fourth-order valence-electron chi connectivity index (χ4n) is 3.10. The molecule has 2 heterocycles. The molecule has 4 heteroatoms. The number of rotatable bonds is 2. The highest BCUT2D eigenvalue weighted by molar-refractivity contribution is 6.07. The molecular weight excluding hydrogens is 298 g/mol. The Morgan fingerprint density at radius 3 is 2.58 bits per heavy atom. The third-order valence-electron chi connectivity index (χ3n) is 4.37. The zero-order valence-corrected chi connectivity index (χ0v) is 13.4. The number of anilines is 1. The van der Waals surface area contributed by atoms with Crippen LogP contribution in [0.5, 0.6) is 0 Å². The number of aryl methyl sites for hydroxylation is 1. The first-order chi connectivity index (χ1) is 11.7. The summed E-state index contributed by atoms with van der Waals surface area (Å²) in [5.41, 5.74) is 4.43. The Morgan fingerprint density at radius 1 is 1.04 bits per heavy atom. The Balaban J connectivity index is 1.67. The van der Waals surface area contributed by atoms with E-state index in [-0.39, 0.29) is 5.91 Å². The average Bonchev–Trinajstić information content (AvgIpc) is 3.06. The second-order valence-electron chi connectivity index (χ2n) is 5.89. The molecule has 0 unspecified atom stereocenters. The van der Waals surface area contributed by atoms with Gasteiger partial charge in [0.25, 0.3) is 5.91 Å². The first kappa shape index (κ1) is 14.6. The van der Waals surface area contributed by atoms with Gasteiger partial charge in [0.05, 0.1) is 11.3 Å². The number of benzene rings is 2. The van der Waals surface area contributed by atoms with Crippen LogP contribution in [0.25, 0.3) is 11.4 Å². The average molecular weight is 315 g/mol. The van der Waals surface area contributed by atoms with E-state index >= 15 is 0 Å². The summed E-state index contributed by atoms with van der Waals surface area (Å²) in [7, 11) is 0. The second kappa shape index (κ2) is 5.89. The predicted molar refractivity (Wildman–Crippen MR) is 94.0 cm³/mol. The molecule has 0 aliphatic carbocycles. The lowest BCUT2D eigenvalue weighted by molar-refractivity contribution is 0.0988. The molecular formula is C20H17N3O. The molecule has 118 valence electrons. The lowest BCUT2D eigenvalue weighted by atomic mass is 10.1. The van der Waals surface area contributed by atoms with Crippen molar-refractivity contribution in [3.05, 3.63) is 77.6 Å². The van der Waals surface area contributed by atoms with E-state index in [1.54, 1.807) is 6.20 Å². The smallest absolute Gasteiger partial charge is 0.261 e. The number of amides is 1. The van der Waals surface area contributed by atoms with Gasteiger partial charge in [0.2, 0.25) is 0 Å². The van der Waals surface area contributed by atoms with Gasteiger partial charge in [0.15, 0.2) is 5.82 Å². The molecule has 0 bridgehead atoms. The van der Waals surface area contributed by atoms with Crippen molar-refractivity contribution in [1.82, 2.24) is 9.97 Å². The zero-order valence-electron chi connectivity index (χ0n) is 13.4. The van der Waals surface area contributed by atoms with E-state index in [2.05, 4.69) is 16.0 Å². The van der Waals surface area contributed by atoms with Gasteiger partial charge in [-0.2, -0.15) is 0 Å². The summed E-state index contributed by atoms with van der Waals surface area (Å²) in [5, 5.41) is 0. The van der Waals surface area contributed by atoms with Crippen LogP contribution in [0.15, 0.2) is 60.8 Å². The molecule has 1 aromatic heterocycles. The van der Waals surface area contributed by atoms with Gasteiger partial charge in [-0.15, -0.1) is 0 Å². The third kappa shape index (κ3) is 2.46. The van der Waals surface area contributed by atoms with Gasteiger partial charge in [-0.1, -0.05) is 48.5 Å². The fraction of sp³-hybridized carbons (Fsp3) is 0.150. The van der Waals surface area contributed by atoms with E-state index in [9.17, 15) is 4.79 Å². The topological polar surface area (TPSA) is 46.1 Å². The van der Waals surface area contributed by atoms with Crippen LogP contribution in [0.1, 0.15) is 21.6 Å². The van der Waals surface area contributed by atoms with Crippen molar-refractivity contribution in [2.75, 3.05) is 11.4 Å². The normalized spacial score (nSPS) is 13.0. The van der Waals surface area contributed by atoms with Crippen molar-refractivity contribution in [2.24, 2.45) is 0 Å². The number of nitrogens with zero attached hydrogens (tertiary/aromatic N) is 3. The molecule has 0 radical (unpaired) electrons. The van der Waals surface area contributed by atoms with E-state index in [4.69, 9.17) is 0 Å². The van der Waals surface area contributed by atoms with Crippen molar-refractivity contribution < 1.29 is 4.79 Å². The summed E-state index contributed by atoms with van der Waals surface area (Å²) >= 11 is 0. The molecule has 1 aliphatic heterocycles. The summed E-state index contributed by atoms with van der Waals surface area (Å²) in [4.78, 5) is 23.7. The monoisotopic (exact) mass is 315 g/mol. The number of carbonyl (C=O) groups is 1. The van der Waals surface area contributed by atoms with Crippen LogP contribution in [0.3, 0.4) is 0 Å². The van der Waals surface area contributed by atoms with Gasteiger partial charge in [0, 0.05) is 24.0 Å². The molecule has 0 saturated carbocycles. The van der Waals surface area contributed by atoms with E-state index in [1.807, 2.05) is 60.4 Å². The SMILES string of the molecule is Cc1nc(-c2ccccc2)ncc1C(=O)N1CCc2ccccc21. The Labute approximate surface area is 140 Å².